The number of halogens is 1. The van der Waals surface area contributed by atoms with Gasteiger partial charge in [0.25, 0.3) is 0 Å². The van der Waals surface area contributed by atoms with Crippen molar-refractivity contribution < 1.29 is 13.2 Å². The van der Waals surface area contributed by atoms with E-state index in [-0.39, 0.29) is 30.2 Å². The van der Waals surface area contributed by atoms with Crippen LogP contribution in [0.4, 0.5) is 0 Å². The van der Waals surface area contributed by atoms with Crippen molar-refractivity contribution >= 4 is 27.5 Å². The number of amides is 1. The highest BCUT2D eigenvalue weighted by molar-refractivity contribution is 7.88. The maximum absolute atomic E-state index is 12.9. The Labute approximate surface area is 178 Å². The number of carbonyl (C=O) groups is 1. The third kappa shape index (κ3) is 5.81. The van der Waals surface area contributed by atoms with Crippen LogP contribution in [0.5, 0.6) is 0 Å². The first-order chi connectivity index (χ1) is 13.7. The zero-order chi connectivity index (χ0) is 21.0. The monoisotopic (exact) mass is 434 g/mol. The van der Waals surface area contributed by atoms with E-state index in [4.69, 9.17) is 11.6 Å². The van der Waals surface area contributed by atoms with E-state index in [0.29, 0.717) is 30.0 Å². The highest BCUT2D eigenvalue weighted by atomic mass is 35.5. The summed E-state index contributed by atoms with van der Waals surface area (Å²) in [5, 5.41) is 3.55. The van der Waals surface area contributed by atoms with Gasteiger partial charge in [-0.15, -0.1) is 0 Å². The third-order valence-electron chi connectivity index (χ3n) is 5.32. The molecule has 0 radical (unpaired) electrons. The maximum Gasteiger partial charge on any atom is 0.224 e. The quantitative estimate of drug-likeness (QED) is 0.745. The predicted molar refractivity (Wildman–Crippen MR) is 116 cm³/mol. The summed E-state index contributed by atoms with van der Waals surface area (Å²) in [6.45, 7) is 4.63. The van der Waals surface area contributed by atoms with E-state index >= 15 is 0 Å². The van der Waals surface area contributed by atoms with Crippen molar-refractivity contribution in [3.05, 3.63) is 70.2 Å². The normalized spacial score (nSPS) is 18.9. The lowest BCUT2D eigenvalue weighted by atomic mass is 9.97. The lowest BCUT2D eigenvalue weighted by Gasteiger charge is -2.32. The van der Waals surface area contributed by atoms with Gasteiger partial charge in [0.15, 0.2) is 0 Å². The van der Waals surface area contributed by atoms with Gasteiger partial charge in [0.05, 0.1) is 17.7 Å². The van der Waals surface area contributed by atoms with Gasteiger partial charge in [-0.25, -0.2) is 12.7 Å². The molecule has 2 atom stereocenters. The van der Waals surface area contributed by atoms with Crippen molar-refractivity contribution in [2.45, 2.75) is 38.5 Å². The van der Waals surface area contributed by atoms with E-state index in [2.05, 4.69) is 5.32 Å². The topological polar surface area (TPSA) is 66.5 Å². The third-order valence-corrected chi connectivity index (χ3v) is 7.37. The molecule has 5 nitrogen and oxygen atoms in total. The maximum atomic E-state index is 12.9. The Balaban J connectivity index is 1.63. The molecule has 1 N–H and O–H groups in total. The molecule has 0 aliphatic carbocycles. The molecule has 3 rings (SSSR count). The number of sulfonamides is 1. The number of carbonyl (C=O) groups excluding carboxylic acids is 1. The van der Waals surface area contributed by atoms with E-state index in [1.165, 1.54) is 9.87 Å². The number of benzene rings is 2. The van der Waals surface area contributed by atoms with Crippen LogP contribution in [0.25, 0.3) is 0 Å². The smallest absolute Gasteiger partial charge is 0.224 e. The van der Waals surface area contributed by atoms with Gasteiger partial charge in [-0.1, -0.05) is 53.6 Å². The van der Waals surface area contributed by atoms with E-state index in [1.54, 1.807) is 24.3 Å². The molecule has 0 saturated carbocycles. The van der Waals surface area contributed by atoms with Gasteiger partial charge in [0.2, 0.25) is 15.9 Å². The Morgan fingerprint density at radius 1 is 1.24 bits per heavy atom. The summed E-state index contributed by atoms with van der Waals surface area (Å²) in [5.74, 6) is -0.548. The van der Waals surface area contributed by atoms with Crippen LogP contribution in [0.2, 0.25) is 5.02 Å². The largest absolute Gasteiger partial charge is 0.349 e. The summed E-state index contributed by atoms with van der Waals surface area (Å²) in [4.78, 5) is 12.8. The molecule has 2 aromatic rings. The van der Waals surface area contributed by atoms with Gasteiger partial charge in [-0.2, -0.15) is 0 Å². The molecule has 1 aliphatic rings. The van der Waals surface area contributed by atoms with Crippen LogP contribution in [0.3, 0.4) is 0 Å². The molecular weight excluding hydrogens is 408 g/mol. The van der Waals surface area contributed by atoms with Crippen LogP contribution in [0, 0.1) is 12.8 Å². The SMILES string of the molecule is Cc1ccc([C@@H](C)NC(=O)[C@H]2CCCN(S(=O)(=O)Cc3cccc(Cl)c3)C2)cc1. The molecular formula is C22H27ClN2O3S. The Hall–Kier alpha value is -1.89. The minimum absolute atomic E-state index is 0.0965. The lowest BCUT2D eigenvalue weighted by molar-refractivity contribution is -0.126. The van der Waals surface area contributed by atoms with Crippen LogP contribution >= 0.6 is 11.6 Å². The molecule has 1 fully saturated rings. The molecule has 7 heteroatoms. The first kappa shape index (κ1) is 21.8. The zero-order valence-electron chi connectivity index (χ0n) is 16.8. The fourth-order valence-electron chi connectivity index (χ4n) is 3.61. The van der Waals surface area contributed by atoms with Crippen LogP contribution in [-0.2, 0) is 20.6 Å². The van der Waals surface area contributed by atoms with E-state index < -0.39 is 10.0 Å². The van der Waals surface area contributed by atoms with Crippen molar-refractivity contribution in [3.8, 4) is 0 Å². The molecule has 1 saturated heterocycles. The second-order valence-corrected chi connectivity index (χ2v) is 10.1. The van der Waals surface area contributed by atoms with E-state index in [1.807, 2.05) is 38.1 Å². The standard InChI is InChI=1S/C22H27ClN2O3S/c1-16-8-10-19(11-9-16)17(2)24-22(26)20-6-4-12-25(14-20)29(27,28)15-18-5-3-7-21(23)13-18/h3,5,7-11,13,17,20H,4,6,12,14-15H2,1-2H3,(H,24,26)/t17-,20+/m1/s1. The Morgan fingerprint density at radius 2 is 1.97 bits per heavy atom. The van der Waals surface area contributed by atoms with Gasteiger partial charge in [0, 0.05) is 18.1 Å². The van der Waals surface area contributed by atoms with E-state index in [0.717, 1.165) is 5.56 Å². The van der Waals surface area contributed by atoms with Gasteiger partial charge in [-0.3, -0.25) is 4.79 Å². The Morgan fingerprint density at radius 3 is 2.66 bits per heavy atom. The van der Waals surface area contributed by atoms with Crippen molar-refractivity contribution in [2.24, 2.45) is 5.92 Å². The highest BCUT2D eigenvalue weighted by Crippen LogP contribution is 2.23. The van der Waals surface area contributed by atoms with Crippen molar-refractivity contribution in [3.63, 3.8) is 0 Å². The Kier molecular flexibility index (Phi) is 6.98. The van der Waals surface area contributed by atoms with Crippen molar-refractivity contribution in [1.82, 2.24) is 9.62 Å². The molecule has 0 unspecified atom stereocenters. The van der Waals surface area contributed by atoms with Gasteiger partial charge in [-0.05, 0) is 49.9 Å². The first-order valence-corrected chi connectivity index (χ1v) is 11.8. The number of piperidine rings is 1. The van der Waals surface area contributed by atoms with Crippen molar-refractivity contribution in [1.29, 1.82) is 0 Å². The average Bonchev–Trinajstić information content (AvgIpc) is 2.68. The summed E-state index contributed by atoms with van der Waals surface area (Å²) in [6.07, 6.45) is 1.36. The fourth-order valence-corrected chi connectivity index (χ4v) is 5.42. The number of hydrogen-bond donors (Lipinski definition) is 1. The minimum Gasteiger partial charge on any atom is -0.349 e. The molecule has 2 aromatic carbocycles. The molecule has 1 heterocycles. The minimum atomic E-state index is -3.51. The molecule has 1 amide bonds. The van der Waals surface area contributed by atoms with Gasteiger partial charge < -0.3 is 5.32 Å². The van der Waals surface area contributed by atoms with Gasteiger partial charge in [0.1, 0.15) is 0 Å². The summed E-state index contributed by atoms with van der Waals surface area (Å²) in [7, 11) is -3.51. The van der Waals surface area contributed by atoms with E-state index in [9.17, 15) is 13.2 Å². The van der Waals surface area contributed by atoms with Crippen LogP contribution < -0.4 is 5.32 Å². The first-order valence-electron chi connectivity index (χ1n) is 9.84. The second kappa shape index (κ2) is 9.28. The summed E-state index contributed by atoms with van der Waals surface area (Å²) in [6, 6.07) is 14.8. The highest BCUT2D eigenvalue weighted by Gasteiger charge is 2.32. The fraction of sp³-hybridized carbons (Fsp3) is 0.409. The molecule has 0 aromatic heterocycles. The number of nitrogens with zero attached hydrogens (tertiary/aromatic N) is 1. The Bertz CT molecular complexity index is 960. The number of aryl methyl sites for hydroxylation is 1. The van der Waals surface area contributed by atoms with Gasteiger partial charge >= 0.3 is 0 Å². The van der Waals surface area contributed by atoms with Crippen LogP contribution in [-0.4, -0.2) is 31.7 Å². The molecule has 1 aliphatic heterocycles. The molecule has 0 spiro atoms. The second-order valence-electron chi connectivity index (χ2n) is 7.72. The molecule has 0 bridgehead atoms. The molecule has 29 heavy (non-hydrogen) atoms. The summed E-state index contributed by atoms with van der Waals surface area (Å²) < 4.78 is 27.2. The summed E-state index contributed by atoms with van der Waals surface area (Å²) >= 11 is 5.97. The van der Waals surface area contributed by atoms with Crippen molar-refractivity contribution in [2.75, 3.05) is 13.1 Å². The van der Waals surface area contributed by atoms with Crippen LogP contribution in [0.15, 0.2) is 48.5 Å². The zero-order valence-corrected chi connectivity index (χ0v) is 18.3. The lowest BCUT2D eigenvalue weighted by Crippen LogP contribution is -2.46. The number of nitrogens with one attached hydrogen (secondary N) is 1. The predicted octanol–water partition coefficient (Wildman–Crippen LogP) is 4.07. The summed E-state index contributed by atoms with van der Waals surface area (Å²) in [5.41, 5.74) is 2.85. The number of rotatable bonds is 6. The number of hydrogen-bond acceptors (Lipinski definition) is 3. The molecule has 156 valence electrons. The average molecular weight is 435 g/mol. The van der Waals surface area contributed by atoms with Crippen LogP contribution in [0.1, 0.15) is 42.5 Å².